The van der Waals surface area contributed by atoms with E-state index in [1.807, 2.05) is 37.3 Å². The van der Waals surface area contributed by atoms with Gasteiger partial charge in [-0.3, -0.25) is 0 Å². The third kappa shape index (κ3) is 3.48. The Kier molecular flexibility index (Phi) is 4.47. The number of benzene rings is 2. The molecule has 26 heavy (non-hydrogen) atoms. The van der Waals surface area contributed by atoms with E-state index in [0.29, 0.717) is 5.58 Å². The molecule has 0 saturated carbocycles. The largest absolute Gasteiger partial charge is 0.423 e. The lowest BCUT2D eigenvalue weighted by molar-refractivity contribution is -0.914. The molecule has 3 aromatic rings. The molecule has 1 saturated heterocycles. The van der Waals surface area contributed by atoms with Crippen LogP contribution in [-0.2, 0) is 6.54 Å². The van der Waals surface area contributed by atoms with Gasteiger partial charge in [0, 0.05) is 22.7 Å². The molecule has 134 valence electrons. The average molecular weight is 353 g/mol. The molecule has 0 amide bonds. The summed E-state index contributed by atoms with van der Waals surface area (Å²) in [6.45, 7) is 6.59. The number of fused-ring (bicyclic) bond motifs is 1. The molecule has 1 aliphatic heterocycles. The molecule has 1 N–H and O–H groups in total. The highest BCUT2D eigenvalue weighted by molar-refractivity contribution is 5.80. The van der Waals surface area contributed by atoms with Gasteiger partial charge >= 0.3 is 5.63 Å². The highest BCUT2D eigenvalue weighted by Crippen LogP contribution is 2.18. The van der Waals surface area contributed by atoms with Crippen LogP contribution in [-0.4, -0.2) is 26.2 Å². The minimum Gasteiger partial charge on any atom is -0.423 e. The summed E-state index contributed by atoms with van der Waals surface area (Å²) in [6.07, 6.45) is 0. The van der Waals surface area contributed by atoms with Gasteiger partial charge in [0.05, 0.1) is 26.2 Å². The molecule has 4 rings (SSSR count). The minimum atomic E-state index is -0.289. The maximum absolute atomic E-state index is 13.1. The van der Waals surface area contributed by atoms with Gasteiger partial charge in [0.15, 0.2) is 0 Å². The summed E-state index contributed by atoms with van der Waals surface area (Å²) >= 11 is 0. The van der Waals surface area contributed by atoms with Crippen molar-refractivity contribution in [3.8, 4) is 0 Å². The smallest absolute Gasteiger partial charge is 0.336 e. The number of nitrogens with one attached hydrogen (secondary N) is 1. The van der Waals surface area contributed by atoms with Crippen molar-refractivity contribution in [1.82, 2.24) is 0 Å². The number of rotatable bonds is 3. The fraction of sp³-hybridized carbons (Fsp3) is 0.286. The number of quaternary nitrogens is 1. The second-order valence-electron chi connectivity index (χ2n) is 6.98. The molecule has 0 spiro atoms. The number of halogens is 1. The number of nitrogens with zero attached hydrogens (tertiary/aromatic N) is 1. The molecular formula is C21H22FN2O2+. The SMILES string of the molecule is Cc1ccc2c(C[NH+]3CCN(c4ccc(F)cc4)CC3)cc(=O)oc2c1. The Morgan fingerprint density at radius 1 is 1.08 bits per heavy atom. The number of aryl methyl sites for hydroxylation is 1. The van der Waals surface area contributed by atoms with Crippen molar-refractivity contribution in [3.05, 3.63) is 75.9 Å². The number of hydrogen-bond acceptors (Lipinski definition) is 3. The zero-order chi connectivity index (χ0) is 18.1. The van der Waals surface area contributed by atoms with E-state index < -0.39 is 0 Å². The van der Waals surface area contributed by atoms with E-state index in [0.717, 1.165) is 54.9 Å². The standard InChI is InChI=1S/C21H21FN2O2/c1-15-2-7-19-16(13-21(25)26-20(19)12-15)14-23-8-10-24(11-9-23)18-5-3-17(22)4-6-18/h2-7,12-13H,8-11,14H2,1H3/p+1. The first-order valence-electron chi connectivity index (χ1n) is 8.96. The molecule has 5 heteroatoms. The van der Waals surface area contributed by atoms with Crippen LogP contribution in [0.3, 0.4) is 0 Å². The minimum absolute atomic E-state index is 0.206. The molecule has 2 heterocycles. The van der Waals surface area contributed by atoms with Crippen molar-refractivity contribution in [1.29, 1.82) is 0 Å². The molecule has 0 atom stereocenters. The molecule has 0 aliphatic carbocycles. The highest BCUT2D eigenvalue weighted by atomic mass is 19.1. The van der Waals surface area contributed by atoms with Crippen molar-refractivity contribution in [2.45, 2.75) is 13.5 Å². The van der Waals surface area contributed by atoms with E-state index in [4.69, 9.17) is 4.42 Å². The number of hydrogen-bond donors (Lipinski definition) is 1. The monoisotopic (exact) mass is 353 g/mol. The lowest BCUT2D eigenvalue weighted by Crippen LogP contribution is -3.13. The Labute approximate surface area is 151 Å². The predicted molar refractivity (Wildman–Crippen MR) is 100 cm³/mol. The molecule has 0 radical (unpaired) electrons. The maximum Gasteiger partial charge on any atom is 0.336 e. The van der Waals surface area contributed by atoms with Crippen LogP contribution in [0.2, 0.25) is 0 Å². The third-order valence-electron chi connectivity index (χ3n) is 5.09. The predicted octanol–water partition coefficient (Wildman–Crippen LogP) is 2.15. The molecule has 0 bridgehead atoms. The zero-order valence-corrected chi connectivity index (χ0v) is 14.8. The van der Waals surface area contributed by atoms with Gasteiger partial charge in [-0.25, -0.2) is 9.18 Å². The fourth-order valence-corrected chi connectivity index (χ4v) is 3.66. The fourth-order valence-electron chi connectivity index (χ4n) is 3.66. The summed E-state index contributed by atoms with van der Waals surface area (Å²) in [6, 6.07) is 14.3. The van der Waals surface area contributed by atoms with Crippen molar-refractivity contribution in [2.75, 3.05) is 31.1 Å². The van der Waals surface area contributed by atoms with Gasteiger partial charge in [-0.1, -0.05) is 12.1 Å². The Balaban J connectivity index is 1.48. The van der Waals surface area contributed by atoms with E-state index in [2.05, 4.69) is 4.90 Å². The molecule has 1 aromatic heterocycles. The van der Waals surface area contributed by atoms with Crippen molar-refractivity contribution in [2.24, 2.45) is 0 Å². The Morgan fingerprint density at radius 2 is 1.81 bits per heavy atom. The van der Waals surface area contributed by atoms with Crippen LogP contribution in [0.1, 0.15) is 11.1 Å². The molecule has 1 fully saturated rings. The van der Waals surface area contributed by atoms with E-state index >= 15 is 0 Å². The highest BCUT2D eigenvalue weighted by Gasteiger charge is 2.21. The van der Waals surface area contributed by atoms with Crippen LogP contribution in [0.15, 0.2) is 57.7 Å². The second kappa shape index (κ2) is 6.92. The number of anilines is 1. The summed E-state index contributed by atoms with van der Waals surface area (Å²) in [5.41, 5.74) is 3.56. The van der Waals surface area contributed by atoms with Crippen molar-refractivity contribution < 1.29 is 13.7 Å². The zero-order valence-electron chi connectivity index (χ0n) is 14.8. The summed E-state index contributed by atoms with van der Waals surface area (Å²) in [4.78, 5) is 15.6. The quantitative estimate of drug-likeness (QED) is 0.733. The Morgan fingerprint density at radius 3 is 2.54 bits per heavy atom. The van der Waals surface area contributed by atoms with Crippen LogP contribution in [0.5, 0.6) is 0 Å². The van der Waals surface area contributed by atoms with Gasteiger partial charge < -0.3 is 14.2 Å². The van der Waals surface area contributed by atoms with E-state index in [1.165, 1.54) is 17.0 Å². The van der Waals surface area contributed by atoms with Crippen LogP contribution >= 0.6 is 0 Å². The lowest BCUT2D eigenvalue weighted by Gasteiger charge is -2.33. The molecular weight excluding hydrogens is 331 g/mol. The summed E-state index contributed by atoms with van der Waals surface area (Å²) < 4.78 is 18.4. The maximum atomic E-state index is 13.1. The van der Waals surface area contributed by atoms with Crippen LogP contribution in [0, 0.1) is 12.7 Å². The van der Waals surface area contributed by atoms with E-state index in [-0.39, 0.29) is 11.4 Å². The summed E-state index contributed by atoms with van der Waals surface area (Å²) in [5.74, 6) is -0.206. The first-order valence-corrected chi connectivity index (χ1v) is 8.96. The topological polar surface area (TPSA) is 37.9 Å². The van der Waals surface area contributed by atoms with Gasteiger partial charge in [-0.05, 0) is 42.8 Å². The van der Waals surface area contributed by atoms with Crippen LogP contribution in [0.4, 0.5) is 10.1 Å². The molecule has 0 unspecified atom stereocenters. The molecule has 2 aromatic carbocycles. The Hall–Kier alpha value is -2.66. The Bertz CT molecular complexity index is 973. The van der Waals surface area contributed by atoms with Gasteiger partial charge in [-0.2, -0.15) is 0 Å². The lowest BCUT2D eigenvalue weighted by atomic mass is 10.1. The normalized spacial score (nSPS) is 15.5. The van der Waals surface area contributed by atoms with Gasteiger partial charge in [0.25, 0.3) is 0 Å². The van der Waals surface area contributed by atoms with E-state index in [9.17, 15) is 9.18 Å². The third-order valence-corrected chi connectivity index (χ3v) is 5.09. The van der Waals surface area contributed by atoms with Crippen LogP contribution in [0.25, 0.3) is 11.0 Å². The van der Waals surface area contributed by atoms with Gasteiger partial charge in [0.1, 0.15) is 17.9 Å². The summed E-state index contributed by atoms with van der Waals surface area (Å²) in [7, 11) is 0. The molecule has 4 nitrogen and oxygen atoms in total. The van der Waals surface area contributed by atoms with Crippen molar-refractivity contribution in [3.63, 3.8) is 0 Å². The van der Waals surface area contributed by atoms with Crippen molar-refractivity contribution >= 4 is 16.7 Å². The first kappa shape index (κ1) is 16.8. The second-order valence-corrected chi connectivity index (χ2v) is 6.98. The summed E-state index contributed by atoms with van der Waals surface area (Å²) in [5, 5.41) is 1.02. The number of piperazine rings is 1. The van der Waals surface area contributed by atoms with E-state index in [1.54, 1.807) is 6.07 Å². The van der Waals surface area contributed by atoms with Gasteiger partial charge in [0.2, 0.25) is 0 Å². The van der Waals surface area contributed by atoms with Gasteiger partial charge in [-0.15, -0.1) is 0 Å². The van der Waals surface area contributed by atoms with Crippen LogP contribution < -0.4 is 15.4 Å². The first-order chi connectivity index (χ1) is 12.6. The average Bonchev–Trinajstić information content (AvgIpc) is 2.62. The molecule has 1 aliphatic rings.